The van der Waals surface area contributed by atoms with Crippen LogP contribution in [-0.2, 0) is 0 Å². The van der Waals surface area contributed by atoms with Crippen LogP contribution in [0.5, 0.6) is 0 Å². The van der Waals surface area contributed by atoms with E-state index in [4.69, 9.17) is 11.6 Å². The molecule has 58 valence electrons. The zero-order chi connectivity index (χ0) is 8.27. The molecule has 0 heterocycles. The van der Waals surface area contributed by atoms with Crippen molar-refractivity contribution in [1.29, 1.82) is 0 Å². The number of benzene rings is 1. The SMILES string of the molecule is C/C=C(\C)c1ccc(Cl)cc1. The Kier molecular flexibility index (Phi) is 2.72. The van der Waals surface area contributed by atoms with Gasteiger partial charge in [-0.05, 0) is 37.1 Å². The van der Waals surface area contributed by atoms with E-state index in [0.29, 0.717) is 0 Å². The zero-order valence-electron chi connectivity index (χ0n) is 6.76. The Morgan fingerprint density at radius 2 is 1.82 bits per heavy atom. The molecule has 1 aromatic rings. The van der Waals surface area contributed by atoms with Crippen molar-refractivity contribution >= 4 is 17.2 Å². The number of hydrogen-bond acceptors (Lipinski definition) is 0. The Balaban J connectivity index is 2.99. The van der Waals surface area contributed by atoms with E-state index in [9.17, 15) is 0 Å². The molecule has 1 aromatic carbocycles. The smallest absolute Gasteiger partial charge is 0.0406 e. The van der Waals surface area contributed by atoms with Crippen LogP contribution < -0.4 is 0 Å². The largest absolute Gasteiger partial charge is 0.0843 e. The van der Waals surface area contributed by atoms with Crippen molar-refractivity contribution in [3.8, 4) is 0 Å². The van der Waals surface area contributed by atoms with Crippen LogP contribution in [0, 0.1) is 0 Å². The molecule has 0 aliphatic carbocycles. The number of halogens is 1. The minimum Gasteiger partial charge on any atom is -0.0843 e. The Labute approximate surface area is 72.5 Å². The van der Waals surface area contributed by atoms with Crippen LogP contribution in [0.25, 0.3) is 5.57 Å². The molecule has 0 radical (unpaired) electrons. The first-order chi connectivity index (χ1) is 5.24. The molecule has 0 saturated carbocycles. The lowest BCUT2D eigenvalue weighted by Gasteiger charge is -1.99. The van der Waals surface area contributed by atoms with Crippen LogP contribution in [-0.4, -0.2) is 0 Å². The fourth-order valence-electron chi connectivity index (χ4n) is 0.879. The summed E-state index contributed by atoms with van der Waals surface area (Å²) in [6, 6.07) is 7.86. The summed E-state index contributed by atoms with van der Waals surface area (Å²) in [6.07, 6.45) is 2.09. The van der Waals surface area contributed by atoms with Crippen molar-refractivity contribution in [2.45, 2.75) is 13.8 Å². The monoisotopic (exact) mass is 166 g/mol. The molecule has 0 amide bonds. The summed E-state index contributed by atoms with van der Waals surface area (Å²) < 4.78 is 0. The standard InChI is InChI=1S/C10H11Cl/c1-3-8(2)9-4-6-10(11)7-5-9/h3-7H,1-2H3/b8-3+. The van der Waals surface area contributed by atoms with Crippen LogP contribution in [0.1, 0.15) is 19.4 Å². The summed E-state index contributed by atoms with van der Waals surface area (Å²) in [5.74, 6) is 0. The molecule has 0 aliphatic heterocycles. The number of allylic oxidation sites excluding steroid dienone is 2. The average molecular weight is 167 g/mol. The van der Waals surface area contributed by atoms with E-state index in [-0.39, 0.29) is 0 Å². The van der Waals surface area contributed by atoms with Gasteiger partial charge in [0.1, 0.15) is 0 Å². The number of rotatable bonds is 1. The molecule has 0 aromatic heterocycles. The van der Waals surface area contributed by atoms with E-state index in [1.807, 2.05) is 31.2 Å². The van der Waals surface area contributed by atoms with Crippen molar-refractivity contribution < 1.29 is 0 Å². The van der Waals surface area contributed by atoms with E-state index in [1.54, 1.807) is 0 Å². The molecule has 0 bridgehead atoms. The molecule has 11 heavy (non-hydrogen) atoms. The van der Waals surface area contributed by atoms with Gasteiger partial charge in [0.15, 0.2) is 0 Å². The number of hydrogen-bond donors (Lipinski definition) is 0. The lowest BCUT2D eigenvalue weighted by atomic mass is 10.1. The fourth-order valence-corrected chi connectivity index (χ4v) is 1.01. The van der Waals surface area contributed by atoms with E-state index in [1.165, 1.54) is 11.1 Å². The Hall–Kier alpha value is -0.750. The van der Waals surface area contributed by atoms with Gasteiger partial charge in [-0.3, -0.25) is 0 Å². The summed E-state index contributed by atoms with van der Waals surface area (Å²) >= 11 is 5.74. The highest BCUT2D eigenvalue weighted by atomic mass is 35.5. The van der Waals surface area contributed by atoms with Gasteiger partial charge in [-0.25, -0.2) is 0 Å². The highest BCUT2D eigenvalue weighted by Gasteiger charge is 1.92. The maximum absolute atomic E-state index is 5.74. The van der Waals surface area contributed by atoms with Crippen LogP contribution in [0.15, 0.2) is 30.3 Å². The van der Waals surface area contributed by atoms with Crippen molar-refractivity contribution in [2.24, 2.45) is 0 Å². The van der Waals surface area contributed by atoms with Gasteiger partial charge in [0.2, 0.25) is 0 Å². The van der Waals surface area contributed by atoms with Gasteiger partial charge in [-0.15, -0.1) is 0 Å². The van der Waals surface area contributed by atoms with Crippen molar-refractivity contribution in [1.82, 2.24) is 0 Å². The zero-order valence-corrected chi connectivity index (χ0v) is 7.52. The van der Waals surface area contributed by atoms with E-state index in [2.05, 4.69) is 13.0 Å². The second-order valence-electron chi connectivity index (χ2n) is 2.48. The molecule has 0 fully saturated rings. The van der Waals surface area contributed by atoms with Crippen LogP contribution in [0.4, 0.5) is 0 Å². The van der Waals surface area contributed by atoms with Gasteiger partial charge in [-0.2, -0.15) is 0 Å². The van der Waals surface area contributed by atoms with Gasteiger partial charge in [0.25, 0.3) is 0 Å². The maximum atomic E-state index is 5.74. The molecule has 0 aliphatic rings. The van der Waals surface area contributed by atoms with E-state index >= 15 is 0 Å². The first kappa shape index (κ1) is 8.35. The Morgan fingerprint density at radius 1 is 1.27 bits per heavy atom. The Morgan fingerprint density at radius 3 is 2.27 bits per heavy atom. The summed E-state index contributed by atoms with van der Waals surface area (Å²) in [5, 5.41) is 0.789. The van der Waals surface area contributed by atoms with Gasteiger partial charge in [0.05, 0.1) is 0 Å². The first-order valence-electron chi connectivity index (χ1n) is 3.63. The molecule has 0 saturated heterocycles. The first-order valence-corrected chi connectivity index (χ1v) is 4.00. The van der Waals surface area contributed by atoms with Crippen molar-refractivity contribution in [2.75, 3.05) is 0 Å². The molecule has 0 unspecified atom stereocenters. The van der Waals surface area contributed by atoms with Crippen molar-refractivity contribution in [3.05, 3.63) is 40.9 Å². The predicted molar refractivity (Wildman–Crippen MR) is 50.8 cm³/mol. The van der Waals surface area contributed by atoms with Gasteiger partial charge >= 0.3 is 0 Å². The topological polar surface area (TPSA) is 0 Å². The van der Waals surface area contributed by atoms with Gasteiger partial charge < -0.3 is 0 Å². The van der Waals surface area contributed by atoms with Crippen LogP contribution >= 0.6 is 11.6 Å². The second-order valence-corrected chi connectivity index (χ2v) is 2.92. The molecular formula is C10H11Cl. The predicted octanol–water partition coefficient (Wildman–Crippen LogP) is 3.76. The van der Waals surface area contributed by atoms with E-state index in [0.717, 1.165) is 5.02 Å². The van der Waals surface area contributed by atoms with Crippen LogP contribution in [0.2, 0.25) is 5.02 Å². The fraction of sp³-hybridized carbons (Fsp3) is 0.200. The third-order valence-electron chi connectivity index (χ3n) is 1.73. The second kappa shape index (κ2) is 3.59. The van der Waals surface area contributed by atoms with E-state index < -0.39 is 0 Å². The molecule has 0 nitrogen and oxygen atoms in total. The molecule has 0 spiro atoms. The minimum atomic E-state index is 0.789. The lowest BCUT2D eigenvalue weighted by Crippen LogP contribution is -1.76. The lowest BCUT2D eigenvalue weighted by molar-refractivity contribution is 1.54. The normalized spacial score (nSPS) is 11.7. The molecular weight excluding hydrogens is 156 g/mol. The van der Waals surface area contributed by atoms with Crippen LogP contribution in [0.3, 0.4) is 0 Å². The minimum absolute atomic E-state index is 0.789. The highest BCUT2D eigenvalue weighted by molar-refractivity contribution is 6.30. The highest BCUT2D eigenvalue weighted by Crippen LogP contribution is 2.16. The summed E-state index contributed by atoms with van der Waals surface area (Å²) in [7, 11) is 0. The van der Waals surface area contributed by atoms with Gasteiger partial charge in [0, 0.05) is 5.02 Å². The summed E-state index contributed by atoms with van der Waals surface area (Å²) in [4.78, 5) is 0. The van der Waals surface area contributed by atoms with Crippen molar-refractivity contribution in [3.63, 3.8) is 0 Å². The Bertz CT molecular complexity index is 257. The molecule has 1 heteroatoms. The van der Waals surface area contributed by atoms with Gasteiger partial charge in [-0.1, -0.05) is 29.8 Å². The third-order valence-corrected chi connectivity index (χ3v) is 1.98. The molecule has 1 rings (SSSR count). The molecule has 0 N–H and O–H groups in total. The third kappa shape index (κ3) is 2.09. The quantitative estimate of drug-likeness (QED) is 0.596. The average Bonchev–Trinajstić information content (AvgIpc) is 2.05. The maximum Gasteiger partial charge on any atom is 0.0406 e. The molecule has 0 atom stereocenters. The summed E-state index contributed by atoms with van der Waals surface area (Å²) in [6.45, 7) is 4.12. The summed E-state index contributed by atoms with van der Waals surface area (Å²) in [5.41, 5.74) is 2.51.